The monoisotopic (exact) mass is 415 g/mol. The fourth-order valence-electron chi connectivity index (χ4n) is 2.27. The van der Waals surface area contributed by atoms with Gasteiger partial charge >= 0.3 is 10.1 Å². The highest BCUT2D eigenvalue weighted by Gasteiger charge is 2.25. The van der Waals surface area contributed by atoms with Crippen LogP contribution in [0.2, 0.25) is 5.02 Å². The molecule has 1 saturated heterocycles. The molecule has 0 radical (unpaired) electrons. The van der Waals surface area contributed by atoms with Crippen molar-refractivity contribution in [2.24, 2.45) is 0 Å². The van der Waals surface area contributed by atoms with Crippen LogP contribution in [0.5, 0.6) is 0 Å². The number of hydroxylamine groups is 2. The first-order valence-corrected chi connectivity index (χ1v) is 9.70. The molecule has 0 bridgehead atoms. The molecule has 0 aliphatic carbocycles. The Morgan fingerprint density at radius 2 is 1.91 bits per heavy atom. The van der Waals surface area contributed by atoms with Gasteiger partial charge in [-0.05, 0) is 70.2 Å². The van der Waals surface area contributed by atoms with Crippen molar-refractivity contribution in [2.75, 3.05) is 13.1 Å². The van der Waals surface area contributed by atoms with Gasteiger partial charge in [-0.1, -0.05) is 23.7 Å². The number of halogens is 2. The summed E-state index contributed by atoms with van der Waals surface area (Å²) in [4.78, 5) is 0.143. The smallest absolute Gasteiger partial charge is 0.192 e. The average molecular weight is 417 g/mol. The van der Waals surface area contributed by atoms with Gasteiger partial charge in [0.1, 0.15) is 0 Å². The van der Waals surface area contributed by atoms with Gasteiger partial charge in [0.15, 0.2) is 0 Å². The summed E-state index contributed by atoms with van der Waals surface area (Å²) < 4.78 is 30.6. The molecule has 0 atom stereocenters. The molecule has 2 aromatic carbocycles. The molecule has 0 saturated carbocycles. The van der Waals surface area contributed by atoms with Crippen LogP contribution in [-0.2, 0) is 14.4 Å². The number of nitrogens with zero attached hydrogens (tertiary/aromatic N) is 1. The first-order chi connectivity index (χ1) is 10.9. The molecular formula is C16H15BrClNO3S. The van der Waals surface area contributed by atoms with Gasteiger partial charge in [0.2, 0.25) is 0 Å². The maximum atomic E-state index is 12.4. The fourth-order valence-corrected chi connectivity index (χ4v) is 3.71. The van der Waals surface area contributed by atoms with E-state index in [9.17, 15) is 8.42 Å². The summed E-state index contributed by atoms with van der Waals surface area (Å²) in [6.45, 7) is 3.21. The van der Waals surface area contributed by atoms with Crippen LogP contribution in [0.3, 0.4) is 0 Å². The van der Waals surface area contributed by atoms with Gasteiger partial charge in [-0.25, -0.2) is 0 Å². The third-order valence-corrected chi connectivity index (χ3v) is 6.22. The minimum absolute atomic E-state index is 0.143. The van der Waals surface area contributed by atoms with Gasteiger partial charge in [0, 0.05) is 17.6 Å². The molecule has 0 amide bonds. The number of aryl methyl sites for hydroxylation is 1. The Balaban J connectivity index is 2.00. The molecule has 1 aliphatic heterocycles. The van der Waals surface area contributed by atoms with Crippen LogP contribution in [-0.4, -0.2) is 26.6 Å². The molecule has 7 heteroatoms. The zero-order valence-electron chi connectivity index (χ0n) is 12.4. The van der Waals surface area contributed by atoms with Gasteiger partial charge in [0.25, 0.3) is 0 Å². The van der Waals surface area contributed by atoms with Crippen molar-refractivity contribution >= 4 is 37.6 Å². The van der Waals surface area contributed by atoms with E-state index in [4.69, 9.17) is 15.9 Å². The third-order valence-electron chi connectivity index (χ3n) is 3.75. The number of hydrogen-bond donors (Lipinski definition) is 0. The maximum Gasteiger partial charge on any atom is 0.313 e. The van der Waals surface area contributed by atoms with Crippen molar-refractivity contribution < 1.29 is 12.7 Å². The minimum Gasteiger partial charge on any atom is -0.192 e. The largest absolute Gasteiger partial charge is 0.313 e. The second-order valence-electron chi connectivity index (χ2n) is 5.42. The van der Waals surface area contributed by atoms with E-state index in [0.29, 0.717) is 18.1 Å². The predicted octanol–water partition coefficient (Wildman–Crippen LogP) is 4.40. The SMILES string of the molecule is Cc1ccc(S(=O)(=O)ON2CCC2)cc1-c1ccc(Br)c(Cl)c1. The van der Waals surface area contributed by atoms with E-state index in [1.807, 2.05) is 19.1 Å². The lowest BCUT2D eigenvalue weighted by molar-refractivity contribution is -0.101. The average Bonchev–Trinajstić information content (AvgIpc) is 2.46. The normalized spacial score (nSPS) is 15.4. The topological polar surface area (TPSA) is 46.6 Å². The van der Waals surface area contributed by atoms with E-state index in [1.165, 1.54) is 5.06 Å². The van der Waals surface area contributed by atoms with Gasteiger partial charge in [0.05, 0.1) is 9.92 Å². The first kappa shape index (κ1) is 16.9. The van der Waals surface area contributed by atoms with Crippen LogP contribution in [0.4, 0.5) is 0 Å². The van der Waals surface area contributed by atoms with Crippen LogP contribution in [0.1, 0.15) is 12.0 Å². The third kappa shape index (κ3) is 3.61. The van der Waals surface area contributed by atoms with Crippen LogP contribution in [0, 0.1) is 6.92 Å². The molecule has 1 aliphatic rings. The fraction of sp³-hybridized carbons (Fsp3) is 0.250. The summed E-state index contributed by atoms with van der Waals surface area (Å²) in [5.41, 5.74) is 2.63. The zero-order chi connectivity index (χ0) is 16.6. The van der Waals surface area contributed by atoms with Crippen LogP contribution in [0.25, 0.3) is 11.1 Å². The quantitative estimate of drug-likeness (QED) is 0.741. The Bertz CT molecular complexity index is 850. The number of hydrogen-bond acceptors (Lipinski definition) is 4. The molecule has 122 valence electrons. The van der Waals surface area contributed by atoms with Gasteiger partial charge in [-0.2, -0.15) is 17.8 Å². The van der Waals surface area contributed by atoms with E-state index < -0.39 is 10.1 Å². The lowest BCUT2D eigenvalue weighted by Crippen LogP contribution is -2.38. The molecule has 2 aromatic rings. The van der Waals surface area contributed by atoms with Crippen LogP contribution >= 0.6 is 27.5 Å². The maximum absolute atomic E-state index is 12.4. The second-order valence-corrected chi connectivity index (χ2v) is 8.21. The Labute approximate surface area is 149 Å². The van der Waals surface area contributed by atoms with Crippen molar-refractivity contribution in [1.82, 2.24) is 5.06 Å². The lowest BCUT2D eigenvalue weighted by atomic mass is 10.0. The van der Waals surface area contributed by atoms with Gasteiger partial charge in [-0.15, -0.1) is 0 Å². The van der Waals surface area contributed by atoms with Crippen LogP contribution < -0.4 is 0 Å². The minimum atomic E-state index is -3.80. The molecule has 23 heavy (non-hydrogen) atoms. The summed E-state index contributed by atoms with van der Waals surface area (Å²) in [5.74, 6) is 0. The molecule has 1 fully saturated rings. The zero-order valence-corrected chi connectivity index (χ0v) is 15.6. The highest BCUT2D eigenvalue weighted by molar-refractivity contribution is 9.10. The van der Waals surface area contributed by atoms with Crippen molar-refractivity contribution in [2.45, 2.75) is 18.2 Å². The Hall–Kier alpha value is -0.920. The van der Waals surface area contributed by atoms with Gasteiger partial charge in [-0.3, -0.25) is 0 Å². The molecule has 1 heterocycles. The predicted molar refractivity (Wildman–Crippen MR) is 93.8 cm³/mol. The standard InChI is InChI=1S/C16H15BrClNO3S/c1-11-3-5-13(23(20,21)22-19-7-2-8-19)10-14(11)12-4-6-15(17)16(18)9-12/h3-6,9-10H,2,7-8H2,1H3. The molecule has 0 N–H and O–H groups in total. The molecule has 3 rings (SSSR count). The number of rotatable bonds is 4. The van der Waals surface area contributed by atoms with E-state index >= 15 is 0 Å². The molecule has 0 unspecified atom stereocenters. The summed E-state index contributed by atoms with van der Waals surface area (Å²) in [5, 5.41) is 2.03. The highest BCUT2D eigenvalue weighted by atomic mass is 79.9. The van der Waals surface area contributed by atoms with Gasteiger partial charge < -0.3 is 0 Å². The Morgan fingerprint density at radius 3 is 2.52 bits per heavy atom. The Kier molecular flexibility index (Phi) is 4.80. The van der Waals surface area contributed by atoms with Crippen molar-refractivity contribution in [3.8, 4) is 11.1 Å². The van der Waals surface area contributed by atoms with Crippen molar-refractivity contribution in [3.63, 3.8) is 0 Å². The van der Waals surface area contributed by atoms with E-state index in [-0.39, 0.29) is 4.90 Å². The summed E-state index contributed by atoms with van der Waals surface area (Å²) in [7, 11) is -3.80. The first-order valence-electron chi connectivity index (χ1n) is 7.12. The van der Waals surface area contributed by atoms with E-state index in [2.05, 4.69) is 15.9 Å². The molecule has 4 nitrogen and oxygen atoms in total. The Morgan fingerprint density at radius 1 is 1.17 bits per heavy atom. The summed E-state index contributed by atoms with van der Waals surface area (Å²) in [6, 6.07) is 10.5. The number of benzene rings is 2. The summed E-state index contributed by atoms with van der Waals surface area (Å²) >= 11 is 9.50. The lowest BCUT2D eigenvalue weighted by Gasteiger charge is -2.28. The highest BCUT2D eigenvalue weighted by Crippen LogP contribution is 2.32. The molecule has 0 spiro atoms. The van der Waals surface area contributed by atoms with Crippen molar-refractivity contribution in [1.29, 1.82) is 0 Å². The molecular weight excluding hydrogens is 402 g/mol. The summed E-state index contributed by atoms with van der Waals surface area (Å²) in [6.07, 6.45) is 0.950. The van der Waals surface area contributed by atoms with Crippen LogP contribution in [0.15, 0.2) is 45.8 Å². The van der Waals surface area contributed by atoms with E-state index in [0.717, 1.165) is 27.6 Å². The van der Waals surface area contributed by atoms with E-state index in [1.54, 1.807) is 24.3 Å². The molecule has 0 aromatic heterocycles. The van der Waals surface area contributed by atoms with Crippen molar-refractivity contribution in [3.05, 3.63) is 51.5 Å². The second kappa shape index (κ2) is 6.53.